The number of terminal acetylenes is 1. The lowest BCUT2D eigenvalue weighted by molar-refractivity contribution is 1.11. The molecule has 2 aromatic carbocycles. The van der Waals surface area contributed by atoms with E-state index < -0.39 is 0 Å². The fraction of sp³-hybridized carbons (Fsp3) is 0.111. The number of rotatable bonds is 3. The number of hydrogen-bond donors (Lipinski definition) is 0. The molecule has 0 bridgehead atoms. The van der Waals surface area contributed by atoms with Gasteiger partial charge in [0.25, 0.3) is 0 Å². The second kappa shape index (κ2) is 5.99. The largest absolute Gasteiger partial charge is 0.228 e. The molecule has 0 saturated heterocycles. The van der Waals surface area contributed by atoms with Crippen molar-refractivity contribution >= 4 is 22.7 Å². The molecule has 0 aliphatic rings. The standard InChI is InChI=1S/C18H14N2S/c1-3-12-21-18-15-6-4-5-7-16(15)19-17(20-18)14-10-8-13(2)9-11-14/h1,4-11H,12H2,2H3. The highest BCUT2D eigenvalue weighted by Crippen LogP contribution is 2.28. The van der Waals surface area contributed by atoms with Gasteiger partial charge in [-0.2, -0.15) is 0 Å². The highest BCUT2D eigenvalue weighted by Gasteiger charge is 2.09. The van der Waals surface area contributed by atoms with Crippen molar-refractivity contribution in [2.75, 3.05) is 5.75 Å². The lowest BCUT2D eigenvalue weighted by Gasteiger charge is -2.07. The van der Waals surface area contributed by atoms with E-state index in [2.05, 4.69) is 42.1 Å². The van der Waals surface area contributed by atoms with Crippen LogP contribution in [0.1, 0.15) is 5.56 Å². The monoisotopic (exact) mass is 290 g/mol. The number of nitrogens with zero attached hydrogens (tertiary/aromatic N) is 2. The van der Waals surface area contributed by atoms with E-state index in [0.717, 1.165) is 27.3 Å². The van der Waals surface area contributed by atoms with Crippen molar-refractivity contribution in [3.8, 4) is 23.7 Å². The molecule has 0 amide bonds. The van der Waals surface area contributed by atoms with E-state index in [1.807, 2.05) is 24.3 Å². The van der Waals surface area contributed by atoms with Crippen LogP contribution in [0.4, 0.5) is 0 Å². The van der Waals surface area contributed by atoms with Crippen LogP contribution in [0.3, 0.4) is 0 Å². The van der Waals surface area contributed by atoms with Crippen LogP contribution in [-0.4, -0.2) is 15.7 Å². The molecular weight excluding hydrogens is 276 g/mol. The van der Waals surface area contributed by atoms with Crippen LogP contribution >= 0.6 is 11.8 Å². The summed E-state index contributed by atoms with van der Waals surface area (Å²) in [4.78, 5) is 9.36. The summed E-state index contributed by atoms with van der Waals surface area (Å²) in [5.74, 6) is 4.00. The minimum atomic E-state index is 0.606. The fourth-order valence-electron chi connectivity index (χ4n) is 2.10. The van der Waals surface area contributed by atoms with Crippen molar-refractivity contribution in [2.45, 2.75) is 11.9 Å². The first-order valence-electron chi connectivity index (χ1n) is 6.68. The predicted molar refractivity (Wildman–Crippen MR) is 89.3 cm³/mol. The number of para-hydroxylation sites is 1. The molecule has 1 aromatic heterocycles. The zero-order valence-corrected chi connectivity index (χ0v) is 12.5. The van der Waals surface area contributed by atoms with Crippen LogP contribution in [0.25, 0.3) is 22.3 Å². The maximum Gasteiger partial charge on any atom is 0.161 e. The molecule has 102 valence electrons. The Labute approximate surface area is 128 Å². The normalized spacial score (nSPS) is 10.5. The lowest BCUT2D eigenvalue weighted by atomic mass is 10.1. The second-order valence-corrected chi connectivity index (χ2v) is 5.69. The smallest absolute Gasteiger partial charge is 0.161 e. The van der Waals surface area contributed by atoms with Gasteiger partial charge in [0.05, 0.1) is 11.3 Å². The Hall–Kier alpha value is -2.31. The van der Waals surface area contributed by atoms with Gasteiger partial charge < -0.3 is 0 Å². The summed E-state index contributed by atoms with van der Waals surface area (Å²) in [6, 6.07) is 16.3. The highest BCUT2D eigenvalue weighted by atomic mass is 32.2. The zero-order chi connectivity index (χ0) is 14.7. The topological polar surface area (TPSA) is 25.8 Å². The summed E-state index contributed by atoms with van der Waals surface area (Å²) in [5, 5.41) is 1.99. The molecule has 0 aliphatic carbocycles. The van der Waals surface area contributed by atoms with E-state index in [9.17, 15) is 0 Å². The van der Waals surface area contributed by atoms with Gasteiger partial charge in [-0.1, -0.05) is 65.7 Å². The Balaban J connectivity index is 2.15. The summed E-state index contributed by atoms with van der Waals surface area (Å²) in [7, 11) is 0. The van der Waals surface area contributed by atoms with Gasteiger partial charge in [0.1, 0.15) is 5.03 Å². The maximum atomic E-state index is 5.37. The third-order valence-electron chi connectivity index (χ3n) is 3.17. The highest BCUT2D eigenvalue weighted by molar-refractivity contribution is 7.99. The molecule has 0 unspecified atom stereocenters. The van der Waals surface area contributed by atoms with Crippen LogP contribution in [-0.2, 0) is 0 Å². The first-order chi connectivity index (χ1) is 10.3. The Morgan fingerprint density at radius 3 is 2.57 bits per heavy atom. The van der Waals surface area contributed by atoms with Gasteiger partial charge in [0.15, 0.2) is 5.82 Å². The Bertz CT molecular complexity index is 817. The maximum absolute atomic E-state index is 5.37. The van der Waals surface area contributed by atoms with E-state index >= 15 is 0 Å². The fourth-order valence-corrected chi connectivity index (χ4v) is 2.80. The van der Waals surface area contributed by atoms with E-state index in [-0.39, 0.29) is 0 Å². The molecule has 0 fully saturated rings. The average molecular weight is 290 g/mol. The van der Waals surface area contributed by atoms with E-state index in [0.29, 0.717) is 5.75 Å². The number of hydrogen-bond acceptors (Lipinski definition) is 3. The summed E-state index contributed by atoms with van der Waals surface area (Å²) in [6.07, 6.45) is 5.37. The summed E-state index contributed by atoms with van der Waals surface area (Å²) >= 11 is 1.57. The van der Waals surface area contributed by atoms with Gasteiger partial charge in [-0.05, 0) is 13.0 Å². The molecule has 3 heteroatoms. The van der Waals surface area contributed by atoms with Crippen molar-refractivity contribution in [1.82, 2.24) is 9.97 Å². The third-order valence-corrected chi connectivity index (χ3v) is 4.07. The SMILES string of the molecule is C#CCSc1nc(-c2ccc(C)cc2)nc2ccccc12. The molecule has 21 heavy (non-hydrogen) atoms. The molecule has 3 aromatic rings. The molecule has 0 N–H and O–H groups in total. The van der Waals surface area contributed by atoms with Crippen LogP contribution < -0.4 is 0 Å². The van der Waals surface area contributed by atoms with Gasteiger partial charge in [0, 0.05) is 10.9 Å². The molecule has 0 radical (unpaired) electrons. The molecule has 0 aliphatic heterocycles. The van der Waals surface area contributed by atoms with Crippen molar-refractivity contribution in [2.24, 2.45) is 0 Å². The molecule has 1 heterocycles. The lowest BCUT2D eigenvalue weighted by Crippen LogP contribution is -1.94. The molecule has 0 atom stereocenters. The minimum Gasteiger partial charge on any atom is -0.228 e. The molecular formula is C18H14N2S. The van der Waals surface area contributed by atoms with Gasteiger partial charge in [-0.15, -0.1) is 6.42 Å². The van der Waals surface area contributed by atoms with Crippen LogP contribution in [0.2, 0.25) is 0 Å². The Morgan fingerprint density at radius 2 is 1.81 bits per heavy atom. The molecule has 2 nitrogen and oxygen atoms in total. The van der Waals surface area contributed by atoms with E-state index in [4.69, 9.17) is 11.4 Å². The van der Waals surface area contributed by atoms with Crippen molar-refractivity contribution in [1.29, 1.82) is 0 Å². The predicted octanol–water partition coefficient (Wildman–Crippen LogP) is 4.33. The second-order valence-electron chi connectivity index (χ2n) is 4.73. The Morgan fingerprint density at radius 1 is 1.05 bits per heavy atom. The van der Waals surface area contributed by atoms with E-state index in [1.54, 1.807) is 11.8 Å². The first kappa shape index (κ1) is 13.7. The van der Waals surface area contributed by atoms with Gasteiger partial charge >= 0.3 is 0 Å². The minimum absolute atomic E-state index is 0.606. The number of fused-ring (bicyclic) bond motifs is 1. The quantitative estimate of drug-likeness (QED) is 0.408. The first-order valence-corrected chi connectivity index (χ1v) is 7.66. The number of aryl methyl sites for hydroxylation is 1. The summed E-state index contributed by atoms with van der Waals surface area (Å²) < 4.78 is 0. The summed E-state index contributed by atoms with van der Waals surface area (Å²) in [5.41, 5.74) is 3.19. The van der Waals surface area contributed by atoms with Crippen LogP contribution in [0, 0.1) is 19.3 Å². The van der Waals surface area contributed by atoms with Crippen molar-refractivity contribution in [3.63, 3.8) is 0 Å². The number of thioether (sulfide) groups is 1. The van der Waals surface area contributed by atoms with Gasteiger partial charge in [-0.25, -0.2) is 9.97 Å². The average Bonchev–Trinajstić information content (AvgIpc) is 2.53. The molecule has 0 saturated carbocycles. The number of aromatic nitrogens is 2. The van der Waals surface area contributed by atoms with Crippen LogP contribution in [0.15, 0.2) is 53.6 Å². The van der Waals surface area contributed by atoms with Crippen LogP contribution in [0.5, 0.6) is 0 Å². The molecule has 0 spiro atoms. The van der Waals surface area contributed by atoms with Crippen molar-refractivity contribution < 1.29 is 0 Å². The number of benzene rings is 2. The van der Waals surface area contributed by atoms with E-state index in [1.165, 1.54) is 5.56 Å². The Kier molecular flexibility index (Phi) is 3.89. The zero-order valence-electron chi connectivity index (χ0n) is 11.7. The van der Waals surface area contributed by atoms with Gasteiger partial charge in [-0.3, -0.25) is 0 Å². The van der Waals surface area contributed by atoms with Gasteiger partial charge in [0.2, 0.25) is 0 Å². The third kappa shape index (κ3) is 2.91. The summed E-state index contributed by atoms with van der Waals surface area (Å²) in [6.45, 7) is 2.07. The van der Waals surface area contributed by atoms with Crippen molar-refractivity contribution in [3.05, 3.63) is 54.1 Å². The molecule has 3 rings (SSSR count).